The molecule has 1 unspecified atom stereocenters. The molecular formula is C19H25NO7S2. The van der Waals surface area contributed by atoms with E-state index in [-0.39, 0.29) is 12.2 Å². The van der Waals surface area contributed by atoms with E-state index in [0.717, 1.165) is 6.92 Å². The van der Waals surface area contributed by atoms with Crippen molar-refractivity contribution in [2.24, 2.45) is 0 Å². The molecule has 29 heavy (non-hydrogen) atoms. The molecule has 2 rings (SSSR count). The molecule has 0 bridgehead atoms. The second-order valence-electron chi connectivity index (χ2n) is 7.71. The van der Waals surface area contributed by atoms with Crippen molar-refractivity contribution in [3.8, 4) is 11.5 Å². The van der Waals surface area contributed by atoms with Gasteiger partial charge in [0.2, 0.25) is 0 Å². The lowest BCUT2D eigenvalue weighted by atomic mass is 10.1. The molecule has 0 saturated carbocycles. The third-order valence-electron chi connectivity index (χ3n) is 3.95. The number of nitrogens with zero attached hydrogens (tertiary/aromatic N) is 1. The fourth-order valence-electron chi connectivity index (χ4n) is 2.30. The molecule has 0 aliphatic rings. The van der Waals surface area contributed by atoms with E-state index in [9.17, 15) is 22.9 Å². The van der Waals surface area contributed by atoms with Crippen molar-refractivity contribution in [1.29, 1.82) is 0 Å². The predicted molar refractivity (Wildman–Crippen MR) is 109 cm³/mol. The Hall–Kier alpha value is -2.17. The number of rotatable bonds is 8. The summed E-state index contributed by atoms with van der Waals surface area (Å²) in [6.07, 6.45) is 0.163. The molecule has 0 aliphatic carbocycles. The summed E-state index contributed by atoms with van der Waals surface area (Å²) in [5.74, 6) is -0.282. The molecule has 1 aromatic heterocycles. The van der Waals surface area contributed by atoms with Crippen LogP contribution in [0, 0.1) is 0 Å². The van der Waals surface area contributed by atoms with Gasteiger partial charge in [-0.1, -0.05) is 0 Å². The van der Waals surface area contributed by atoms with Crippen LogP contribution in [0.2, 0.25) is 0 Å². The summed E-state index contributed by atoms with van der Waals surface area (Å²) in [4.78, 5) is 16.8. The number of carbonyl (C=O) groups is 1. The molecule has 0 radical (unpaired) electrons. The van der Waals surface area contributed by atoms with E-state index in [4.69, 9.17) is 9.47 Å². The van der Waals surface area contributed by atoms with Crippen LogP contribution in [0.5, 0.6) is 11.5 Å². The molecule has 2 N–H and O–H groups in total. The average Bonchev–Trinajstić information content (AvgIpc) is 3.01. The monoisotopic (exact) mass is 443 g/mol. The van der Waals surface area contributed by atoms with Gasteiger partial charge in [-0.2, -0.15) is 8.42 Å². The number of carbonyl (C=O) groups excluding carboxylic acids is 1. The van der Waals surface area contributed by atoms with Gasteiger partial charge in [0.25, 0.3) is 10.1 Å². The molecule has 8 nitrogen and oxygen atoms in total. The zero-order valence-electron chi connectivity index (χ0n) is 16.7. The highest BCUT2D eigenvalue weighted by Gasteiger charge is 2.49. The molecule has 1 atom stereocenters. The summed E-state index contributed by atoms with van der Waals surface area (Å²) in [5.41, 5.74) is -0.228. The van der Waals surface area contributed by atoms with Crippen molar-refractivity contribution in [3.05, 3.63) is 40.3 Å². The molecule has 2 aromatic rings. The van der Waals surface area contributed by atoms with E-state index >= 15 is 0 Å². The van der Waals surface area contributed by atoms with Gasteiger partial charge in [0.1, 0.15) is 17.1 Å². The zero-order valence-corrected chi connectivity index (χ0v) is 18.3. The van der Waals surface area contributed by atoms with Crippen LogP contribution in [0.15, 0.2) is 29.6 Å². The first kappa shape index (κ1) is 23.1. The van der Waals surface area contributed by atoms with Crippen LogP contribution in [0.4, 0.5) is 0 Å². The van der Waals surface area contributed by atoms with E-state index < -0.39 is 26.4 Å². The van der Waals surface area contributed by atoms with E-state index in [2.05, 4.69) is 4.98 Å². The molecule has 1 aromatic carbocycles. The smallest absolute Gasteiger partial charge is 0.330 e. The fourth-order valence-corrected chi connectivity index (χ4v) is 3.95. The van der Waals surface area contributed by atoms with Crippen LogP contribution in [-0.2, 0) is 32.5 Å². The van der Waals surface area contributed by atoms with Crippen LogP contribution >= 0.6 is 11.3 Å². The highest BCUT2D eigenvalue weighted by atomic mass is 32.2. The van der Waals surface area contributed by atoms with Gasteiger partial charge >= 0.3 is 5.97 Å². The third-order valence-corrected chi connectivity index (χ3v) is 6.30. The van der Waals surface area contributed by atoms with Gasteiger partial charge in [-0.3, -0.25) is 9.35 Å². The molecule has 0 saturated heterocycles. The van der Waals surface area contributed by atoms with E-state index in [0.29, 0.717) is 29.5 Å². The lowest BCUT2D eigenvalue weighted by molar-refractivity contribution is -0.157. The van der Waals surface area contributed by atoms with Gasteiger partial charge in [-0.05, 0) is 52.0 Å². The van der Waals surface area contributed by atoms with Crippen LogP contribution in [0.1, 0.15) is 38.4 Å². The second kappa shape index (κ2) is 8.68. The largest absolute Gasteiger partial charge is 0.508 e. The van der Waals surface area contributed by atoms with Crippen LogP contribution in [0.25, 0.3) is 0 Å². The van der Waals surface area contributed by atoms with Crippen LogP contribution in [0.3, 0.4) is 0 Å². The SMILES string of the molecule is CC(C)(C)OC(=O)C(C)(Cc1nc(CCOc2ccc(O)cc2)cs1)S(=O)(=O)O. The number of hydrogen-bond acceptors (Lipinski definition) is 8. The Kier molecular flexibility index (Phi) is 6.92. The quantitative estimate of drug-likeness (QED) is 0.471. The Labute approximate surface area is 174 Å². The lowest BCUT2D eigenvalue weighted by Gasteiger charge is -2.28. The minimum Gasteiger partial charge on any atom is -0.508 e. The first-order chi connectivity index (χ1) is 13.3. The van der Waals surface area contributed by atoms with Crippen LogP contribution < -0.4 is 4.74 Å². The Morgan fingerprint density at radius 1 is 1.17 bits per heavy atom. The number of thiazole rings is 1. The average molecular weight is 444 g/mol. The Morgan fingerprint density at radius 3 is 2.34 bits per heavy atom. The summed E-state index contributed by atoms with van der Waals surface area (Å²) >= 11 is 1.19. The lowest BCUT2D eigenvalue weighted by Crippen LogP contribution is -2.48. The van der Waals surface area contributed by atoms with E-state index in [1.807, 2.05) is 0 Å². The maximum absolute atomic E-state index is 12.5. The van der Waals surface area contributed by atoms with Gasteiger partial charge in [-0.15, -0.1) is 11.3 Å². The van der Waals surface area contributed by atoms with Gasteiger partial charge in [0, 0.05) is 18.2 Å². The maximum Gasteiger partial charge on any atom is 0.330 e. The van der Waals surface area contributed by atoms with Crippen molar-refractivity contribution < 1.29 is 32.3 Å². The van der Waals surface area contributed by atoms with Crippen molar-refractivity contribution in [3.63, 3.8) is 0 Å². The number of esters is 1. The van der Waals surface area contributed by atoms with Crippen LogP contribution in [-0.4, -0.2) is 46.0 Å². The number of aromatic hydroxyl groups is 1. The number of phenols is 1. The van der Waals surface area contributed by atoms with Gasteiger partial charge in [0.05, 0.1) is 17.3 Å². The summed E-state index contributed by atoms with van der Waals surface area (Å²) in [7, 11) is -4.73. The highest BCUT2D eigenvalue weighted by Crippen LogP contribution is 2.28. The summed E-state index contributed by atoms with van der Waals surface area (Å²) in [6, 6.07) is 6.31. The van der Waals surface area contributed by atoms with Gasteiger partial charge < -0.3 is 14.6 Å². The Balaban J connectivity index is 2.05. The zero-order chi connectivity index (χ0) is 21.9. The molecule has 0 amide bonds. The summed E-state index contributed by atoms with van der Waals surface area (Å²) in [6.45, 7) is 6.31. The number of ether oxygens (including phenoxy) is 2. The number of hydrogen-bond donors (Lipinski definition) is 2. The van der Waals surface area contributed by atoms with Crippen molar-refractivity contribution >= 4 is 27.4 Å². The highest BCUT2D eigenvalue weighted by molar-refractivity contribution is 7.88. The topological polar surface area (TPSA) is 123 Å². The first-order valence-electron chi connectivity index (χ1n) is 8.86. The van der Waals surface area contributed by atoms with E-state index in [1.165, 1.54) is 23.5 Å². The van der Waals surface area contributed by atoms with Crippen molar-refractivity contribution in [2.45, 2.75) is 50.9 Å². The number of phenolic OH excluding ortho intramolecular Hbond substituents is 1. The minimum absolute atomic E-state index is 0.147. The van der Waals surface area contributed by atoms with Gasteiger partial charge in [0.15, 0.2) is 4.75 Å². The normalized spacial score (nSPS) is 14.2. The molecule has 160 valence electrons. The molecule has 10 heteroatoms. The van der Waals surface area contributed by atoms with Crippen molar-refractivity contribution in [1.82, 2.24) is 4.98 Å². The Morgan fingerprint density at radius 2 is 1.79 bits per heavy atom. The molecular weight excluding hydrogens is 418 g/mol. The minimum atomic E-state index is -4.73. The fraction of sp³-hybridized carbons (Fsp3) is 0.474. The molecule has 0 spiro atoms. The summed E-state index contributed by atoms with van der Waals surface area (Å²) in [5, 5.41) is 11.4. The molecule has 0 aliphatic heterocycles. The van der Waals surface area contributed by atoms with Crippen molar-refractivity contribution in [2.75, 3.05) is 6.61 Å². The standard InChI is InChI=1S/C19H25NO7S2/c1-18(2,3)27-17(22)19(4,29(23,24)25)11-16-20-13(12-28-16)9-10-26-15-7-5-14(21)6-8-15/h5-8,12,21H,9-11H2,1-4H3,(H,23,24,25). The third kappa shape index (κ3) is 6.41. The predicted octanol–water partition coefficient (Wildman–Crippen LogP) is 3.00. The first-order valence-corrected chi connectivity index (χ1v) is 11.2. The summed E-state index contributed by atoms with van der Waals surface area (Å²) < 4.78 is 42.1. The van der Waals surface area contributed by atoms with E-state index in [1.54, 1.807) is 38.3 Å². The number of aromatic nitrogens is 1. The molecule has 0 fully saturated rings. The number of benzene rings is 1. The van der Waals surface area contributed by atoms with Gasteiger partial charge in [-0.25, -0.2) is 4.98 Å². The second-order valence-corrected chi connectivity index (χ2v) is 10.5. The Bertz CT molecular complexity index is 946. The maximum atomic E-state index is 12.5. The molecule has 1 heterocycles.